The molecule has 0 aliphatic carbocycles. The van der Waals surface area contributed by atoms with E-state index < -0.39 is 0 Å². The maximum Gasteiger partial charge on any atom is 0.137 e. The average Bonchev–Trinajstić information content (AvgIpc) is 3.07. The summed E-state index contributed by atoms with van der Waals surface area (Å²) >= 11 is 0. The second-order valence-corrected chi connectivity index (χ2v) is 6.18. The first-order chi connectivity index (χ1) is 12.1. The molecular formula is C20H23N3O2. The molecule has 5 heteroatoms. The largest absolute Gasteiger partial charge is 0.508 e. The lowest BCUT2D eigenvalue weighted by molar-refractivity contribution is 0.340. The van der Waals surface area contributed by atoms with Crippen LogP contribution in [0, 0.1) is 0 Å². The first-order valence-corrected chi connectivity index (χ1v) is 8.32. The van der Waals surface area contributed by atoms with Crippen molar-refractivity contribution in [1.82, 2.24) is 14.9 Å². The van der Waals surface area contributed by atoms with Crippen molar-refractivity contribution in [2.45, 2.75) is 13.5 Å². The number of nitrogens with zero attached hydrogens (tertiary/aromatic N) is 2. The van der Waals surface area contributed by atoms with Gasteiger partial charge in [-0.3, -0.25) is 0 Å². The van der Waals surface area contributed by atoms with Gasteiger partial charge >= 0.3 is 0 Å². The summed E-state index contributed by atoms with van der Waals surface area (Å²) in [6, 6.07) is 13.5. The number of benzene rings is 2. The van der Waals surface area contributed by atoms with Crippen LogP contribution in [0.25, 0.3) is 22.6 Å². The zero-order chi connectivity index (χ0) is 17.8. The van der Waals surface area contributed by atoms with Crippen molar-refractivity contribution in [3.05, 3.63) is 54.2 Å². The third kappa shape index (κ3) is 4.00. The minimum absolute atomic E-state index is 0.302. The molecule has 0 saturated carbocycles. The molecule has 0 saturated heterocycles. The molecule has 2 aromatic carbocycles. The number of aromatic nitrogens is 2. The third-order valence-electron chi connectivity index (χ3n) is 3.89. The molecule has 1 aromatic heterocycles. The van der Waals surface area contributed by atoms with E-state index in [1.807, 2.05) is 68.5 Å². The van der Waals surface area contributed by atoms with Gasteiger partial charge in [0.1, 0.15) is 17.3 Å². The Hall–Kier alpha value is -2.79. The van der Waals surface area contributed by atoms with Gasteiger partial charge in [-0.1, -0.05) is 0 Å². The van der Waals surface area contributed by atoms with Crippen LogP contribution in [0.1, 0.15) is 12.5 Å². The van der Waals surface area contributed by atoms with Crippen LogP contribution in [-0.2, 0) is 6.54 Å². The fourth-order valence-corrected chi connectivity index (χ4v) is 2.71. The highest BCUT2D eigenvalue weighted by Gasteiger charge is 2.09. The van der Waals surface area contributed by atoms with Crippen LogP contribution in [0.4, 0.5) is 0 Å². The molecule has 2 N–H and O–H groups in total. The van der Waals surface area contributed by atoms with E-state index in [4.69, 9.17) is 4.74 Å². The molecule has 0 atom stereocenters. The number of phenols is 1. The lowest BCUT2D eigenvalue weighted by Gasteiger charge is -2.12. The lowest BCUT2D eigenvalue weighted by atomic mass is 10.1. The summed E-state index contributed by atoms with van der Waals surface area (Å²) in [4.78, 5) is 9.86. The maximum absolute atomic E-state index is 10.0. The van der Waals surface area contributed by atoms with Gasteiger partial charge in [-0.25, -0.2) is 4.98 Å². The molecule has 25 heavy (non-hydrogen) atoms. The van der Waals surface area contributed by atoms with Crippen molar-refractivity contribution in [2.75, 3.05) is 20.7 Å². The van der Waals surface area contributed by atoms with Crippen LogP contribution in [-0.4, -0.2) is 40.7 Å². The Morgan fingerprint density at radius 1 is 1.08 bits per heavy atom. The Kier molecular flexibility index (Phi) is 5.05. The summed E-state index contributed by atoms with van der Waals surface area (Å²) in [5.41, 5.74) is 3.82. The van der Waals surface area contributed by atoms with Gasteiger partial charge in [0.05, 0.1) is 18.5 Å². The standard InChI is InChI=1S/C20H23N3O2/c1-4-25-17-8-5-14(6-9-17)18-12-21-20(22-18)15-7-10-19(24)16(11-15)13-23(2)3/h5-12,24H,4,13H2,1-3H3,(H,21,22). The van der Waals surface area contributed by atoms with Crippen LogP contribution < -0.4 is 4.74 Å². The second kappa shape index (κ2) is 7.40. The number of ether oxygens (including phenoxy) is 1. The van der Waals surface area contributed by atoms with Crippen molar-refractivity contribution < 1.29 is 9.84 Å². The highest BCUT2D eigenvalue weighted by Crippen LogP contribution is 2.27. The lowest BCUT2D eigenvalue weighted by Crippen LogP contribution is -2.10. The van der Waals surface area contributed by atoms with Gasteiger partial charge in [-0.15, -0.1) is 0 Å². The molecule has 130 valence electrons. The molecule has 0 aliphatic heterocycles. The summed E-state index contributed by atoms with van der Waals surface area (Å²) in [7, 11) is 3.95. The van der Waals surface area contributed by atoms with E-state index in [-0.39, 0.29) is 0 Å². The molecule has 3 aromatic rings. The summed E-state index contributed by atoms with van der Waals surface area (Å²) in [6.07, 6.45) is 1.82. The number of imidazole rings is 1. The normalized spacial score (nSPS) is 11.0. The van der Waals surface area contributed by atoms with Crippen molar-refractivity contribution in [3.8, 4) is 34.1 Å². The summed E-state index contributed by atoms with van der Waals surface area (Å²) < 4.78 is 5.47. The minimum atomic E-state index is 0.302. The van der Waals surface area contributed by atoms with Gasteiger partial charge in [0.2, 0.25) is 0 Å². The fraction of sp³-hybridized carbons (Fsp3) is 0.250. The van der Waals surface area contributed by atoms with Crippen LogP contribution in [0.2, 0.25) is 0 Å². The number of hydrogen-bond acceptors (Lipinski definition) is 4. The van der Waals surface area contributed by atoms with Gasteiger partial charge in [0.25, 0.3) is 0 Å². The molecule has 1 heterocycles. The SMILES string of the molecule is CCOc1ccc(-c2cnc(-c3ccc(O)c(CN(C)C)c3)[nH]2)cc1. The van der Waals surface area contributed by atoms with Crippen LogP contribution in [0.15, 0.2) is 48.7 Å². The Morgan fingerprint density at radius 3 is 2.48 bits per heavy atom. The first kappa shape index (κ1) is 17.0. The topological polar surface area (TPSA) is 61.4 Å². The third-order valence-corrected chi connectivity index (χ3v) is 3.89. The number of hydrogen-bond donors (Lipinski definition) is 2. The monoisotopic (exact) mass is 337 g/mol. The average molecular weight is 337 g/mol. The van der Waals surface area contributed by atoms with Gasteiger partial charge < -0.3 is 19.7 Å². The first-order valence-electron chi connectivity index (χ1n) is 8.32. The fourth-order valence-electron chi connectivity index (χ4n) is 2.71. The molecular weight excluding hydrogens is 314 g/mol. The van der Waals surface area contributed by atoms with Crippen molar-refractivity contribution in [3.63, 3.8) is 0 Å². The van der Waals surface area contributed by atoms with E-state index in [2.05, 4.69) is 9.97 Å². The predicted molar refractivity (Wildman–Crippen MR) is 99.7 cm³/mol. The molecule has 0 amide bonds. The van der Waals surface area contributed by atoms with Crippen molar-refractivity contribution in [1.29, 1.82) is 0 Å². The van der Waals surface area contributed by atoms with Crippen LogP contribution >= 0.6 is 0 Å². The van der Waals surface area contributed by atoms with Crippen molar-refractivity contribution >= 4 is 0 Å². The van der Waals surface area contributed by atoms with Gasteiger partial charge in [0.15, 0.2) is 0 Å². The zero-order valence-electron chi connectivity index (χ0n) is 14.8. The molecule has 0 radical (unpaired) electrons. The quantitative estimate of drug-likeness (QED) is 0.716. The molecule has 0 fully saturated rings. The number of phenolic OH excluding ortho intramolecular Hbond substituents is 1. The van der Waals surface area contributed by atoms with E-state index in [0.29, 0.717) is 18.9 Å². The Balaban J connectivity index is 1.86. The van der Waals surface area contributed by atoms with Crippen LogP contribution in [0.5, 0.6) is 11.5 Å². The van der Waals surface area contributed by atoms with Crippen molar-refractivity contribution in [2.24, 2.45) is 0 Å². The minimum Gasteiger partial charge on any atom is -0.508 e. The number of nitrogens with one attached hydrogen (secondary N) is 1. The summed E-state index contributed by atoms with van der Waals surface area (Å²) in [5, 5.41) is 10.0. The zero-order valence-corrected chi connectivity index (χ0v) is 14.8. The molecule has 0 spiro atoms. The highest BCUT2D eigenvalue weighted by atomic mass is 16.5. The second-order valence-electron chi connectivity index (χ2n) is 6.18. The van der Waals surface area contributed by atoms with Crippen LogP contribution in [0.3, 0.4) is 0 Å². The molecule has 5 nitrogen and oxygen atoms in total. The van der Waals surface area contributed by atoms with Gasteiger partial charge in [0, 0.05) is 17.7 Å². The molecule has 0 unspecified atom stereocenters. The number of rotatable bonds is 6. The Bertz CT molecular complexity index is 838. The maximum atomic E-state index is 10.0. The molecule has 0 bridgehead atoms. The van der Waals surface area contributed by atoms with Gasteiger partial charge in [-0.05, 0) is 69.0 Å². The number of aromatic amines is 1. The number of aromatic hydroxyl groups is 1. The van der Waals surface area contributed by atoms with E-state index in [1.165, 1.54) is 0 Å². The summed E-state index contributed by atoms with van der Waals surface area (Å²) in [6.45, 7) is 3.30. The van der Waals surface area contributed by atoms with E-state index in [0.717, 1.165) is 34.0 Å². The molecule has 0 aliphatic rings. The predicted octanol–water partition coefficient (Wildman–Crippen LogP) is 3.91. The number of H-pyrrole nitrogens is 1. The van der Waals surface area contributed by atoms with Gasteiger partial charge in [-0.2, -0.15) is 0 Å². The van der Waals surface area contributed by atoms with E-state index in [9.17, 15) is 5.11 Å². The smallest absolute Gasteiger partial charge is 0.137 e. The molecule has 3 rings (SSSR count). The summed E-state index contributed by atoms with van der Waals surface area (Å²) in [5.74, 6) is 1.94. The Labute approximate surface area is 147 Å². The van der Waals surface area contributed by atoms with E-state index >= 15 is 0 Å². The highest BCUT2D eigenvalue weighted by molar-refractivity contribution is 5.66. The van der Waals surface area contributed by atoms with E-state index in [1.54, 1.807) is 6.07 Å². The Morgan fingerprint density at radius 2 is 1.80 bits per heavy atom.